The van der Waals surface area contributed by atoms with Gasteiger partial charge in [0.1, 0.15) is 5.02 Å². The van der Waals surface area contributed by atoms with Gasteiger partial charge in [0.05, 0.1) is 16.6 Å². The third-order valence-corrected chi connectivity index (χ3v) is 1.99. The lowest BCUT2D eigenvalue weighted by molar-refractivity contribution is -0.385. The number of halogens is 1. The van der Waals surface area contributed by atoms with Crippen LogP contribution in [0.5, 0.6) is 0 Å². The maximum Gasteiger partial charge on any atom is 0.292 e. The van der Waals surface area contributed by atoms with Crippen molar-refractivity contribution in [1.82, 2.24) is 0 Å². The zero-order valence-electron chi connectivity index (χ0n) is 6.74. The predicted octanol–water partition coefficient (Wildman–Crippen LogP) is 2.43. The molecule has 1 aromatic carbocycles. The molecule has 0 aliphatic heterocycles. The fourth-order valence-corrected chi connectivity index (χ4v) is 1.29. The van der Waals surface area contributed by atoms with E-state index in [1.165, 1.54) is 19.1 Å². The number of nitro benzene ring substituents is 1. The van der Waals surface area contributed by atoms with E-state index >= 15 is 0 Å². The molecular formula is C8H5ClN2O2. The monoisotopic (exact) mass is 196 g/mol. The number of nitriles is 1. The van der Waals surface area contributed by atoms with E-state index in [2.05, 4.69) is 0 Å². The molecule has 0 unspecified atom stereocenters. The van der Waals surface area contributed by atoms with E-state index in [4.69, 9.17) is 16.9 Å². The zero-order valence-corrected chi connectivity index (χ0v) is 7.50. The van der Waals surface area contributed by atoms with E-state index in [0.29, 0.717) is 5.56 Å². The first-order valence-corrected chi connectivity index (χ1v) is 3.79. The molecule has 0 aliphatic rings. The summed E-state index contributed by atoms with van der Waals surface area (Å²) in [6.45, 7) is 1.50. The largest absolute Gasteiger partial charge is 0.292 e. The minimum atomic E-state index is -0.585. The van der Waals surface area contributed by atoms with Crippen molar-refractivity contribution in [2.24, 2.45) is 0 Å². The molecule has 0 aliphatic carbocycles. The van der Waals surface area contributed by atoms with Gasteiger partial charge in [0.15, 0.2) is 0 Å². The van der Waals surface area contributed by atoms with Crippen molar-refractivity contribution in [3.05, 3.63) is 38.4 Å². The van der Waals surface area contributed by atoms with E-state index < -0.39 is 4.92 Å². The molecule has 66 valence electrons. The van der Waals surface area contributed by atoms with Crippen LogP contribution in [0, 0.1) is 28.4 Å². The summed E-state index contributed by atoms with van der Waals surface area (Å²) >= 11 is 5.60. The summed E-state index contributed by atoms with van der Waals surface area (Å²) in [7, 11) is 0. The molecule has 0 saturated heterocycles. The lowest BCUT2D eigenvalue weighted by Crippen LogP contribution is -1.95. The molecule has 0 saturated carbocycles. The maximum absolute atomic E-state index is 10.5. The minimum absolute atomic E-state index is 0.0569. The van der Waals surface area contributed by atoms with Gasteiger partial charge in [-0.2, -0.15) is 5.26 Å². The van der Waals surface area contributed by atoms with Gasteiger partial charge < -0.3 is 0 Å². The van der Waals surface area contributed by atoms with Crippen LogP contribution in [0.4, 0.5) is 5.69 Å². The summed E-state index contributed by atoms with van der Waals surface area (Å²) in [5, 5.41) is 19.2. The molecule has 0 N–H and O–H groups in total. The second kappa shape index (κ2) is 3.42. The second-order valence-electron chi connectivity index (χ2n) is 2.44. The minimum Gasteiger partial charge on any atom is -0.258 e. The normalized spacial score (nSPS) is 9.31. The molecular weight excluding hydrogens is 192 g/mol. The summed E-state index contributed by atoms with van der Waals surface area (Å²) in [6, 6.07) is 4.67. The first-order chi connectivity index (χ1) is 6.07. The topological polar surface area (TPSA) is 66.9 Å². The van der Waals surface area contributed by atoms with Gasteiger partial charge in [-0.1, -0.05) is 11.6 Å². The van der Waals surface area contributed by atoms with E-state index in [1.54, 1.807) is 0 Å². The Bertz CT molecular complexity index is 409. The predicted molar refractivity (Wildman–Crippen MR) is 47.6 cm³/mol. The number of nitrogens with zero attached hydrogens (tertiary/aromatic N) is 2. The standard InChI is InChI=1S/C8H5ClN2O2/c1-5-6(4-10)2-3-7(9)8(5)11(12)13/h2-3H,1H3. The summed E-state index contributed by atoms with van der Waals surface area (Å²) < 4.78 is 0. The van der Waals surface area contributed by atoms with Crippen molar-refractivity contribution >= 4 is 17.3 Å². The molecule has 13 heavy (non-hydrogen) atoms. The molecule has 1 rings (SSSR count). The van der Waals surface area contributed by atoms with Gasteiger partial charge in [-0.25, -0.2) is 0 Å². The Labute approximate surface area is 79.5 Å². The SMILES string of the molecule is Cc1c(C#N)ccc(Cl)c1[N+](=O)[O-]. The van der Waals surface area contributed by atoms with Gasteiger partial charge in [-0.05, 0) is 19.1 Å². The number of hydrogen-bond donors (Lipinski definition) is 0. The average molecular weight is 197 g/mol. The zero-order chi connectivity index (χ0) is 10.0. The number of benzene rings is 1. The Balaban J connectivity index is 3.50. The van der Waals surface area contributed by atoms with Crippen LogP contribution in [0.3, 0.4) is 0 Å². The number of hydrogen-bond acceptors (Lipinski definition) is 3. The summed E-state index contributed by atoms with van der Waals surface area (Å²) in [5.41, 5.74) is 0.386. The highest BCUT2D eigenvalue weighted by Crippen LogP contribution is 2.29. The summed E-state index contributed by atoms with van der Waals surface area (Å²) in [4.78, 5) is 9.94. The Morgan fingerprint density at radius 1 is 1.62 bits per heavy atom. The molecule has 0 spiro atoms. The van der Waals surface area contributed by atoms with Crippen molar-refractivity contribution in [3.63, 3.8) is 0 Å². The molecule has 0 aromatic heterocycles. The fourth-order valence-electron chi connectivity index (χ4n) is 1.01. The molecule has 0 heterocycles. The molecule has 0 radical (unpaired) electrons. The molecule has 4 nitrogen and oxygen atoms in total. The van der Waals surface area contributed by atoms with Crippen LogP contribution < -0.4 is 0 Å². The lowest BCUT2D eigenvalue weighted by Gasteiger charge is -2.00. The van der Waals surface area contributed by atoms with Crippen molar-refractivity contribution < 1.29 is 4.92 Å². The Morgan fingerprint density at radius 3 is 2.69 bits per heavy atom. The maximum atomic E-state index is 10.5. The summed E-state index contributed by atoms with van der Waals surface area (Å²) in [6.07, 6.45) is 0. The van der Waals surface area contributed by atoms with Crippen LogP contribution in [0.15, 0.2) is 12.1 Å². The quantitative estimate of drug-likeness (QED) is 0.512. The van der Waals surface area contributed by atoms with Gasteiger partial charge >= 0.3 is 0 Å². The number of nitro groups is 1. The summed E-state index contributed by atoms with van der Waals surface area (Å²) in [5.74, 6) is 0. The van der Waals surface area contributed by atoms with Gasteiger partial charge in [-0.15, -0.1) is 0 Å². The molecule has 0 fully saturated rings. The van der Waals surface area contributed by atoms with Gasteiger partial charge in [0, 0.05) is 5.56 Å². The van der Waals surface area contributed by atoms with Crippen LogP contribution in [-0.2, 0) is 0 Å². The third-order valence-electron chi connectivity index (χ3n) is 1.68. The van der Waals surface area contributed by atoms with Gasteiger partial charge in [0.25, 0.3) is 5.69 Å². The van der Waals surface area contributed by atoms with Crippen molar-refractivity contribution in [3.8, 4) is 6.07 Å². The third kappa shape index (κ3) is 1.60. The van der Waals surface area contributed by atoms with Crippen LogP contribution in [0.25, 0.3) is 0 Å². The first-order valence-electron chi connectivity index (χ1n) is 3.41. The molecule has 0 atom stereocenters. The van der Waals surface area contributed by atoms with Crippen LogP contribution in [0.1, 0.15) is 11.1 Å². The van der Waals surface area contributed by atoms with Gasteiger partial charge in [-0.3, -0.25) is 10.1 Å². The Morgan fingerprint density at radius 2 is 2.23 bits per heavy atom. The second-order valence-corrected chi connectivity index (χ2v) is 2.84. The van der Waals surface area contributed by atoms with Crippen molar-refractivity contribution in [2.45, 2.75) is 6.92 Å². The van der Waals surface area contributed by atoms with E-state index in [-0.39, 0.29) is 16.3 Å². The average Bonchev–Trinajstić information content (AvgIpc) is 2.04. The van der Waals surface area contributed by atoms with E-state index in [1.807, 2.05) is 6.07 Å². The van der Waals surface area contributed by atoms with Crippen LogP contribution in [0.2, 0.25) is 5.02 Å². The molecule has 1 aromatic rings. The van der Waals surface area contributed by atoms with E-state index in [9.17, 15) is 10.1 Å². The smallest absolute Gasteiger partial charge is 0.258 e. The lowest BCUT2D eigenvalue weighted by atomic mass is 10.1. The fraction of sp³-hybridized carbons (Fsp3) is 0.125. The Kier molecular flexibility index (Phi) is 2.49. The highest BCUT2D eigenvalue weighted by Gasteiger charge is 2.18. The first kappa shape index (κ1) is 9.49. The van der Waals surface area contributed by atoms with Crippen LogP contribution in [-0.4, -0.2) is 4.92 Å². The van der Waals surface area contributed by atoms with E-state index in [0.717, 1.165) is 0 Å². The molecule has 0 bridgehead atoms. The Hall–Kier alpha value is -1.60. The number of rotatable bonds is 1. The molecule has 5 heteroatoms. The van der Waals surface area contributed by atoms with Crippen molar-refractivity contribution in [2.75, 3.05) is 0 Å². The van der Waals surface area contributed by atoms with Gasteiger partial charge in [0.2, 0.25) is 0 Å². The van der Waals surface area contributed by atoms with Crippen molar-refractivity contribution in [1.29, 1.82) is 5.26 Å². The highest BCUT2D eigenvalue weighted by molar-refractivity contribution is 6.32. The molecule has 0 amide bonds. The van der Waals surface area contributed by atoms with Crippen LogP contribution >= 0.6 is 11.6 Å². The highest BCUT2D eigenvalue weighted by atomic mass is 35.5.